The molecule has 3 aromatic rings. The van der Waals surface area contributed by atoms with Gasteiger partial charge in [0, 0.05) is 31.3 Å². The molecule has 1 aliphatic heterocycles. The van der Waals surface area contributed by atoms with Gasteiger partial charge in [0.1, 0.15) is 5.82 Å². The molecule has 0 spiro atoms. The SMILES string of the molecule is COc1ccc(C[C@@]2(CCC(=O)NCCc3nc4c(C)cccc4[nH]3)CCC(=O)N2)cc1OC. The molecule has 0 bridgehead atoms. The Balaban J connectivity index is 1.33. The number of rotatable bonds is 10. The number of ether oxygens (including phenoxy) is 2. The summed E-state index contributed by atoms with van der Waals surface area (Å²) in [6.07, 6.45) is 3.35. The fraction of sp³-hybridized carbons (Fsp3) is 0.423. The van der Waals surface area contributed by atoms with E-state index in [4.69, 9.17) is 9.47 Å². The van der Waals surface area contributed by atoms with Gasteiger partial charge in [-0.05, 0) is 55.5 Å². The molecule has 1 atom stereocenters. The standard InChI is InChI=1S/C26H32N4O4/c1-17-5-4-6-19-25(17)29-22(28-19)11-14-27-23(31)9-12-26(13-10-24(32)30-26)16-18-7-8-20(33-2)21(15-18)34-3/h4-8,15H,9-14,16H2,1-3H3,(H,27,31)(H,28,29)(H,30,32)/t26-/m1/s1. The predicted octanol–water partition coefficient (Wildman–Crippen LogP) is 3.22. The van der Waals surface area contributed by atoms with Crippen LogP contribution < -0.4 is 20.1 Å². The van der Waals surface area contributed by atoms with Gasteiger partial charge in [-0.1, -0.05) is 18.2 Å². The number of aromatic nitrogens is 2. The van der Waals surface area contributed by atoms with Crippen molar-refractivity contribution in [1.29, 1.82) is 0 Å². The van der Waals surface area contributed by atoms with Gasteiger partial charge < -0.3 is 25.1 Å². The van der Waals surface area contributed by atoms with Crippen molar-refractivity contribution in [2.75, 3.05) is 20.8 Å². The Morgan fingerprint density at radius 2 is 2.00 bits per heavy atom. The number of benzene rings is 2. The van der Waals surface area contributed by atoms with Gasteiger partial charge in [0.25, 0.3) is 0 Å². The summed E-state index contributed by atoms with van der Waals surface area (Å²) >= 11 is 0. The molecule has 0 aliphatic carbocycles. The van der Waals surface area contributed by atoms with Gasteiger partial charge in [-0.25, -0.2) is 4.98 Å². The smallest absolute Gasteiger partial charge is 0.220 e. The number of aryl methyl sites for hydroxylation is 1. The minimum Gasteiger partial charge on any atom is -0.493 e. The summed E-state index contributed by atoms with van der Waals surface area (Å²) in [7, 11) is 3.20. The van der Waals surface area contributed by atoms with Crippen molar-refractivity contribution in [2.24, 2.45) is 0 Å². The van der Waals surface area contributed by atoms with E-state index in [1.807, 2.05) is 43.3 Å². The number of methoxy groups -OCH3 is 2. The molecule has 1 saturated heterocycles. The normalized spacial score (nSPS) is 17.6. The molecule has 8 nitrogen and oxygen atoms in total. The lowest BCUT2D eigenvalue weighted by molar-refractivity contribution is -0.122. The Morgan fingerprint density at radius 3 is 2.71 bits per heavy atom. The quantitative estimate of drug-likeness (QED) is 0.427. The summed E-state index contributed by atoms with van der Waals surface area (Å²) in [5.74, 6) is 2.17. The van der Waals surface area contributed by atoms with Crippen molar-refractivity contribution < 1.29 is 19.1 Å². The molecule has 3 N–H and O–H groups in total. The molecule has 4 rings (SSSR count). The van der Waals surface area contributed by atoms with E-state index in [1.54, 1.807) is 14.2 Å². The number of hydrogen-bond donors (Lipinski definition) is 3. The number of amides is 2. The molecular weight excluding hydrogens is 432 g/mol. The van der Waals surface area contributed by atoms with Crippen molar-refractivity contribution in [2.45, 2.75) is 51.0 Å². The first-order chi connectivity index (χ1) is 16.4. The van der Waals surface area contributed by atoms with Crippen molar-refractivity contribution in [3.63, 3.8) is 0 Å². The second kappa shape index (κ2) is 10.2. The van der Waals surface area contributed by atoms with Gasteiger partial charge in [0.15, 0.2) is 11.5 Å². The van der Waals surface area contributed by atoms with Crippen LogP contribution in [0.1, 0.15) is 42.6 Å². The Bertz CT molecular complexity index is 1190. The lowest BCUT2D eigenvalue weighted by atomic mass is 9.85. The molecule has 0 radical (unpaired) electrons. The number of carbonyl (C=O) groups is 2. The van der Waals surface area contributed by atoms with Crippen LogP contribution in [0.4, 0.5) is 0 Å². The van der Waals surface area contributed by atoms with Gasteiger partial charge in [0.05, 0.1) is 25.3 Å². The molecule has 0 saturated carbocycles. The first kappa shape index (κ1) is 23.6. The lowest BCUT2D eigenvalue weighted by Crippen LogP contribution is -2.44. The van der Waals surface area contributed by atoms with Gasteiger partial charge in [-0.15, -0.1) is 0 Å². The third-order valence-corrected chi connectivity index (χ3v) is 6.50. The molecule has 180 valence electrons. The molecule has 1 aliphatic rings. The molecular formula is C26H32N4O4. The topological polar surface area (TPSA) is 105 Å². The van der Waals surface area contributed by atoms with Crippen LogP contribution in [-0.2, 0) is 22.4 Å². The highest BCUT2D eigenvalue weighted by Gasteiger charge is 2.38. The summed E-state index contributed by atoms with van der Waals surface area (Å²) in [5.41, 5.74) is 3.70. The van der Waals surface area contributed by atoms with E-state index in [1.165, 1.54) is 0 Å². The average molecular weight is 465 g/mol. The molecule has 1 aromatic heterocycles. The summed E-state index contributed by atoms with van der Waals surface area (Å²) in [4.78, 5) is 32.6. The second-order valence-electron chi connectivity index (χ2n) is 8.95. The lowest BCUT2D eigenvalue weighted by Gasteiger charge is -2.29. The van der Waals surface area contributed by atoms with Crippen LogP contribution in [0.25, 0.3) is 11.0 Å². The first-order valence-electron chi connectivity index (χ1n) is 11.6. The molecule has 34 heavy (non-hydrogen) atoms. The third kappa shape index (κ3) is 5.32. The van der Waals surface area contributed by atoms with E-state index in [9.17, 15) is 9.59 Å². The molecule has 0 unspecified atom stereocenters. The van der Waals surface area contributed by atoms with E-state index in [2.05, 4.69) is 20.6 Å². The van der Waals surface area contributed by atoms with Crippen LogP contribution in [0.2, 0.25) is 0 Å². The molecule has 1 fully saturated rings. The summed E-state index contributed by atoms with van der Waals surface area (Å²) in [5, 5.41) is 6.12. The van der Waals surface area contributed by atoms with Gasteiger partial charge in [-0.3, -0.25) is 9.59 Å². The minimum absolute atomic E-state index is 0.0277. The van der Waals surface area contributed by atoms with Crippen molar-refractivity contribution in [3.8, 4) is 11.5 Å². The molecule has 8 heteroatoms. The third-order valence-electron chi connectivity index (χ3n) is 6.50. The van der Waals surface area contributed by atoms with Crippen molar-refractivity contribution in [1.82, 2.24) is 20.6 Å². The van der Waals surface area contributed by atoms with E-state index < -0.39 is 5.54 Å². The highest BCUT2D eigenvalue weighted by molar-refractivity contribution is 5.80. The number of H-pyrrole nitrogens is 1. The Hall–Kier alpha value is -3.55. The highest BCUT2D eigenvalue weighted by Crippen LogP contribution is 2.33. The molecule has 2 amide bonds. The number of hydrogen-bond acceptors (Lipinski definition) is 5. The number of nitrogens with zero attached hydrogens (tertiary/aromatic N) is 1. The van der Waals surface area contributed by atoms with E-state index in [0.717, 1.165) is 28.0 Å². The zero-order chi connectivity index (χ0) is 24.1. The van der Waals surface area contributed by atoms with Gasteiger partial charge in [0.2, 0.25) is 11.8 Å². The van der Waals surface area contributed by atoms with Crippen molar-refractivity contribution >= 4 is 22.8 Å². The zero-order valence-corrected chi connectivity index (χ0v) is 20.0. The van der Waals surface area contributed by atoms with E-state index in [-0.39, 0.29) is 11.8 Å². The molecule has 2 heterocycles. The number of carbonyl (C=O) groups excluding carboxylic acids is 2. The van der Waals surface area contributed by atoms with Crippen molar-refractivity contribution in [3.05, 3.63) is 53.3 Å². The maximum absolute atomic E-state index is 12.6. The Labute approximate surface area is 199 Å². The number of para-hydroxylation sites is 1. The average Bonchev–Trinajstić information content (AvgIpc) is 3.42. The van der Waals surface area contributed by atoms with Crippen LogP contribution in [-0.4, -0.2) is 48.1 Å². The zero-order valence-electron chi connectivity index (χ0n) is 20.0. The Kier molecular flexibility index (Phi) is 7.05. The highest BCUT2D eigenvalue weighted by atomic mass is 16.5. The monoisotopic (exact) mass is 464 g/mol. The van der Waals surface area contributed by atoms with Crippen LogP contribution in [0.5, 0.6) is 11.5 Å². The first-order valence-corrected chi connectivity index (χ1v) is 11.6. The fourth-order valence-corrected chi connectivity index (χ4v) is 4.67. The van der Waals surface area contributed by atoms with Crippen LogP contribution in [0.15, 0.2) is 36.4 Å². The summed E-state index contributed by atoms with van der Waals surface area (Å²) < 4.78 is 10.7. The largest absolute Gasteiger partial charge is 0.493 e. The molecule has 2 aromatic carbocycles. The predicted molar refractivity (Wildman–Crippen MR) is 130 cm³/mol. The second-order valence-corrected chi connectivity index (χ2v) is 8.95. The van der Waals surface area contributed by atoms with Gasteiger partial charge in [-0.2, -0.15) is 0 Å². The van der Waals surface area contributed by atoms with Gasteiger partial charge >= 0.3 is 0 Å². The van der Waals surface area contributed by atoms with Crippen LogP contribution in [0, 0.1) is 6.92 Å². The number of imidazole rings is 1. The van der Waals surface area contributed by atoms with Crippen LogP contribution >= 0.6 is 0 Å². The Morgan fingerprint density at radius 1 is 1.18 bits per heavy atom. The summed E-state index contributed by atoms with van der Waals surface area (Å²) in [6.45, 7) is 2.54. The minimum atomic E-state index is -0.440. The van der Waals surface area contributed by atoms with E-state index >= 15 is 0 Å². The van der Waals surface area contributed by atoms with Crippen LogP contribution in [0.3, 0.4) is 0 Å². The summed E-state index contributed by atoms with van der Waals surface area (Å²) in [6, 6.07) is 11.8. The number of aromatic amines is 1. The maximum atomic E-state index is 12.6. The van der Waals surface area contributed by atoms with E-state index in [0.29, 0.717) is 56.6 Å². The number of nitrogens with one attached hydrogen (secondary N) is 3. The maximum Gasteiger partial charge on any atom is 0.220 e. The fourth-order valence-electron chi connectivity index (χ4n) is 4.67. The number of fused-ring (bicyclic) bond motifs is 1.